The minimum Gasteiger partial charge on any atom is -0.506 e. The van der Waals surface area contributed by atoms with Crippen molar-refractivity contribution >= 4 is 17.7 Å². The number of carboxylic acids is 1. The van der Waals surface area contributed by atoms with Gasteiger partial charge in [-0.3, -0.25) is 0 Å². The van der Waals surface area contributed by atoms with Gasteiger partial charge in [0.2, 0.25) is 0 Å². The van der Waals surface area contributed by atoms with E-state index < -0.39 is 17.6 Å². The van der Waals surface area contributed by atoms with Crippen LogP contribution in [0.5, 0.6) is 5.75 Å². The van der Waals surface area contributed by atoms with E-state index in [1.165, 1.54) is 17.0 Å². The third-order valence-electron chi connectivity index (χ3n) is 2.73. The zero-order valence-corrected chi connectivity index (χ0v) is 12.3. The number of aromatic carboxylic acids is 1. The fraction of sp³-hybridized carbons (Fsp3) is 0.429. The van der Waals surface area contributed by atoms with Crippen LogP contribution in [0.4, 0.5) is 10.5 Å². The molecule has 116 valence electrons. The van der Waals surface area contributed by atoms with E-state index in [4.69, 9.17) is 5.11 Å². The number of carbonyl (C=O) groups excluding carboxylic acids is 1. The molecule has 0 bridgehead atoms. The third kappa shape index (κ3) is 4.96. The summed E-state index contributed by atoms with van der Waals surface area (Å²) < 4.78 is 0. The van der Waals surface area contributed by atoms with Crippen molar-refractivity contribution in [1.29, 1.82) is 0 Å². The maximum atomic E-state index is 12.1. The van der Waals surface area contributed by atoms with Gasteiger partial charge in [-0.05, 0) is 39.0 Å². The first-order valence-corrected chi connectivity index (χ1v) is 6.48. The molecular weight excluding hydrogens is 276 g/mol. The standard InChI is InChI=1S/C14H20N2O5/c1-4-16(8-14(2,3)21)13(20)15-10-6-5-9(12(18)19)7-11(10)17/h5-7,17,21H,4,8H2,1-3H3,(H,15,20)(H,18,19). The Bertz CT molecular complexity index is 537. The van der Waals surface area contributed by atoms with Crippen molar-refractivity contribution in [2.75, 3.05) is 18.4 Å². The molecule has 0 aromatic heterocycles. The van der Waals surface area contributed by atoms with Gasteiger partial charge in [-0.15, -0.1) is 0 Å². The Hall–Kier alpha value is -2.28. The van der Waals surface area contributed by atoms with E-state index in [-0.39, 0.29) is 23.5 Å². The number of amides is 2. The summed E-state index contributed by atoms with van der Waals surface area (Å²) in [6.45, 7) is 5.44. The van der Waals surface area contributed by atoms with Crippen LogP contribution in [0.15, 0.2) is 18.2 Å². The van der Waals surface area contributed by atoms with Crippen LogP contribution >= 0.6 is 0 Å². The molecule has 21 heavy (non-hydrogen) atoms. The Morgan fingerprint density at radius 3 is 2.38 bits per heavy atom. The molecule has 0 atom stereocenters. The summed E-state index contributed by atoms with van der Waals surface area (Å²) >= 11 is 0. The Morgan fingerprint density at radius 2 is 1.95 bits per heavy atom. The third-order valence-corrected chi connectivity index (χ3v) is 2.73. The highest BCUT2D eigenvalue weighted by molar-refractivity contribution is 5.93. The summed E-state index contributed by atoms with van der Waals surface area (Å²) in [6, 6.07) is 3.17. The quantitative estimate of drug-likeness (QED) is 0.618. The summed E-state index contributed by atoms with van der Waals surface area (Å²) in [5.41, 5.74) is -1.00. The van der Waals surface area contributed by atoms with Crippen LogP contribution in [0.2, 0.25) is 0 Å². The number of nitrogens with zero attached hydrogens (tertiary/aromatic N) is 1. The van der Waals surface area contributed by atoms with Crippen LogP contribution in [-0.2, 0) is 0 Å². The van der Waals surface area contributed by atoms with Crippen LogP contribution in [0, 0.1) is 0 Å². The van der Waals surface area contributed by atoms with Gasteiger partial charge in [0.1, 0.15) is 5.75 Å². The smallest absolute Gasteiger partial charge is 0.335 e. The predicted molar refractivity (Wildman–Crippen MR) is 77.6 cm³/mol. The summed E-state index contributed by atoms with van der Waals surface area (Å²) in [4.78, 5) is 24.2. The van der Waals surface area contributed by atoms with Gasteiger partial charge < -0.3 is 25.5 Å². The molecule has 0 aliphatic carbocycles. The lowest BCUT2D eigenvalue weighted by atomic mass is 10.1. The maximum Gasteiger partial charge on any atom is 0.335 e. The zero-order chi connectivity index (χ0) is 16.2. The normalized spacial score (nSPS) is 11.0. The van der Waals surface area contributed by atoms with Gasteiger partial charge in [0.05, 0.1) is 23.4 Å². The van der Waals surface area contributed by atoms with Crippen LogP contribution < -0.4 is 5.32 Å². The van der Waals surface area contributed by atoms with Crippen molar-refractivity contribution < 1.29 is 24.9 Å². The molecule has 1 aromatic rings. The number of phenolic OH excluding ortho intramolecular Hbond substituents is 1. The monoisotopic (exact) mass is 296 g/mol. The minimum absolute atomic E-state index is 0.0747. The Balaban J connectivity index is 2.84. The van der Waals surface area contributed by atoms with E-state index in [0.29, 0.717) is 6.54 Å². The number of likely N-dealkylation sites (N-methyl/N-ethyl adjacent to an activating group) is 1. The summed E-state index contributed by atoms with van der Waals surface area (Å²) in [5, 5.41) is 30.8. The van der Waals surface area contributed by atoms with Gasteiger partial charge >= 0.3 is 12.0 Å². The maximum absolute atomic E-state index is 12.1. The number of aliphatic hydroxyl groups is 1. The predicted octanol–water partition coefficient (Wildman–Crippen LogP) is 1.72. The molecule has 0 fully saturated rings. The van der Waals surface area contributed by atoms with Gasteiger partial charge in [0.15, 0.2) is 0 Å². The molecule has 1 aromatic carbocycles. The number of rotatable bonds is 5. The fourth-order valence-corrected chi connectivity index (χ4v) is 1.76. The van der Waals surface area contributed by atoms with Crippen molar-refractivity contribution in [2.24, 2.45) is 0 Å². The molecular formula is C14H20N2O5. The number of aromatic hydroxyl groups is 1. The second-order valence-corrected chi connectivity index (χ2v) is 5.29. The average molecular weight is 296 g/mol. The molecule has 0 unspecified atom stereocenters. The lowest BCUT2D eigenvalue weighted by Gasteiger charge is -2.28. The first-order valence-electron chi connectivity index (χ1n) is 6.48. The summed E-state index contributed by atoms with van der Waals surface area (Å²) in [5.74, 6) is -1.50. The highest BCUT2D eigenvalue weighted by Crippen LogP contribution is 2.24. The second-order valence-electron chi connectivity index (χ2n) is 5.29. The van der Waals surface area contributed by atoms with E-state index in [9.17, 15) is 19.8 Å². The van der Waals surface area contributed by atoms with Crippen LogP contribution in [0.25, 0.3) is 0 Å². The van der Waals surface area contributed by atoms with Crippen molar-refractivity contribution in [3.63, 3.8) is 0 Å². The average Bonchev–Trinajstić information content (AvgIpc) is 2.36. The van der Waals surface area contributed by atoms with Gasteiger partial charge in [-0.2, -0.15) is 0 Å². The lowest BCUT2D eigenvalue weighted by Crippen LogP contribution is -2.44. The number of carbonyl (C=O) groups is 2. The molecule has 4 N–H and O–H groups in total. The molecule has 7 heteroatoms. The first kappa shape index (κ1) is 16.8. The highest BCUT2D eigenvalue weighted by atomic mass is 16.4. The Morgan fingerprint density at radius 1 is 1.33 bits per heavy atom. The van der Waals surface area contributed by atoms with Gasteiger partial charge in [-0.1, -0.05) is 0 Å². The van der Waals surface area contributed by atoms with Crippen LogP contribution in [0.1, 0.15) is 31.1 Å². The Kier molecular flexibility index (Phi) is 5.15. The molecule has 2 amide bonds. The van der Waals surface area contributed by atoms with Gasteiger partial charge in [0.25, 0.3) is 0 Å². The number of carboxylic acid groups (broad SMARTS) is 1. The van der Waals surface area contributed by atoms with Crippen molar-refractivity contribution in [3.8, 4) is 5.75 Å². The van der Waals surface area contributed by atoms with E-state index >= 15 is 0 Å². The molecule has 7 nitrogen and oxygen atoms in total. The van der Waals surface area contributed by atoms with Crippen molar-refractivity contribution in [3.05, 3.63) is 23.8 Å². The number of anilines is 1. The molecule has 0 aliphatic rings. The summed E-state index contributed by atoms with van der Waals surface area (Å²) in [7, 11) is 0. The van der Waals surface area contributed by atoms with E-state index in [1.807, 2.05) is 0 Å². The molecule has 0 heterocycles. The summed E-state index contributed by atoms with van der Waals surface area (Å²) in [6.07, 6.45) is 0. The molecule has 0 aliphatic heterocycles. The van der Waals surface area contributed by atoms with Crippen LogP contribution in [0.3, 0.4) is 0 Å². The number of hydrogen-bond acceptors (Lipinski definition) is 4. The highest BCUT2D eigenvalue weighted by Gasteiger charge is 2.22. The topological polar surface area (TPSA) is 110 Å². The first-order chi connectivity index (χ1) is 9.64. The molecule has 0 saturated heterocycles. The van der Waals surface area contributed by atoms with E-state index in [1.54, 1.807) is 20.8 Å². The van der Waals surface area contributed by atoms with E-state index in [2.05, 4.69) is 5.32 Å². The van der Waals surface area contributed by atoms with E-state index in [0.717, 1.165) is 6.07 Å². The van der Waals surface area contributed by atoms with Gasteiger partial charge in [-0.25, -0.2) is 9.59 Å². The number of nitrogens with one attached hydrogen (secondary N) is 1. The fourth-order valence-electron chi connectivity index (χ4n) is 1.76. The Labute approximate surface area is 122 Å². The largest absolute Gasteiger partial charge is 0.506 e. The number of urea groups is 1. The molecule has 0 spiro atoms. The minimum atomic E-state index is -1.17. The number of phenols is 1. The van der Waals surface area contributed by atoms with Crippen molar-refractivity contribution in [1.82, 2.24) is 4.90 Å². The molecule has 1 rings (SSSR count). The lowest BCUT2D eigenvalue weighted by molar-refractivity contribution is 0.0501. The van der Waals surface area contributed by atoms with Gasteiger partial charge in [0, 0.05) is 6.54 Å². The zero-order valence-electron chi connectivity index (χ0n) is 12.3. The van der Waals surface area contributed by atoms with Crippen molar-refractivity contribution in [2.45, 2.75) is 26.4 Å². The molecule has 0 radical (unpaired) electrons. The number of hydrogen-bond donors (Lipinski definition) is 4. The number of benzene rings is 1. The van der Waals surface area contributed by atoms with Crippen LogP contribution in [-0.4, -0.2) is 50.9 Å². The molecule has 0 saturated carbocycles. The second kappa shape index (κ2) is 6.45. The SMILES string of the molecule is CCN(CC(C)(C)O)C(=O)Nc1ccc(C(=O)O)cc1O.